The smallest absolute Gasteiger partial charge is 0.144 e. The van der Waals surface area contributed by atoms with Crippen LogP contribution in [0.25, 0.3) is 0 Å². The van der Waals surface area contributed by atoms with Gasteiger partial charge < -0.3 is 0 Å². The average Bonchev–Trinajstić information content (AvgIpc) is 1.85. The molecule has 0 aliphatic carbocycles. The second kappa shape index (κ2) is 4.06. The molecule has 11 heavy (non-hydrogen) atoms. The number of hydrogen-bond donors (Lipinski definition) is 1. The van der Waals surface area contributed by atoms with Crippen molar-refractivity contribution in [2.45, 2.75) is 5.75 Å². The van der Waals surface area contributed by atoms with Crippen LogP contribution in [0.5, 0.6) is 0 Å². The van der Waals surface area contributed by atoms with Crippen molar-refractivity contribution in [2.24, 2.45) is 0 Å². The molecule has 0 aromatic heterocycles. The fourth-order valence-corrected chi connectivity index (χ4v) is 1.89. The Bertz CT molecular complexity index is 312. The number of hydrogen-bond acceptors (Lipinski definition) is 2. The summed E-state index contributed by atoms with van der Waals surface area (Å²) >= 11 is 2.16. The van der Waals surface area contributed by atoms with Crippen LogP contribution in [0.2, 0.25) is 0 Å². The van der Waals surface area contributed by atoms with Gasteiger partial charge in [0, 0.05) is 3.57 Å². The molecule has 1 rings (SSSR count). The lowest BCUT2D eigenvalue weighted by Gasteiger charge is -1.94. The first-order valence-corrected chi connectivity index (χ1v) is 5.49. The molecule has 0 spiro atoms. The van der Waals surface area contributed by atoms with Crippen LogP contribution in [0.15, 0.2) is 24.3 Å². The van der Waals surface area contributed by atoms with Crippen molar-refractivity contribution in [1.29, 1.82) is 0 Å². The lowest BCUT2D eigenvalue weighted by molar-refractivity contribution is 0.614. The zero-order chi connectivity index (χ0) is 8.27. The summed E-state index contributed by atoms with van der Waals surface area (Å²) in [6, 6.07) is 7.47. The predicted octanol–water partition coefficient (Wildman–Crippen LogP) is 1.40. The number of thiol groups is 1. The summed E-state index contributed by atoms with van der Waals surface area (Å²) in [5.74, 6) is 0.145. The Balaban J connectivity index is 2.87. The van der Waals surface area contributed by atoms with Gasteiger partial charge in [0.05, 0.1) is 5.75 Å². The highest BCUT2D eigenvalue weighted by atomic mass is 127. The third-order valence-electron chi connectivity index (χ3n) is 1.20. The molecule has 0 amide bonds. The van der Waals surface area contributed by atoms with Gasteiger partial charge in [-0.3, -0.25) is 0 Å². The van der Waals surface area contributed by atoms with Crippen molar-refractivity contribution in [2.75, 3.05) is 0 Å². The molecule has 0 N–H and O–H groups in total. The molecule has 60 valence electrons. The average molecular weight is 282 g/mol. The van der Waals surface area contributed by atoms with Crippen LogP contribution >= 0.6 is 22.6 Å². The number of rotatable bonds is 2. The van der Waals surface area contributed by atoms with Gasteiger partial charge in [0.25, 0.3) is 0 Å². The van der Waals surface area contributed by atoms with E-state index >= 15 is 0 Å². The molecule has 0 unspecified atom stereocenters. The summed E-state index contributed by atoms with van der Waals surface area (Å²) in [7, 11) is -2.29. The summed E-state index contributed by atoms with van der Waals surface area (Å²) in [5, 5.41) is 0. The molecule has 1 aromatic rings. The highest BCUT2D eigenvalue weighted by Crippen LogP contribution is 2.07. The van der Waals surface area contributed by atoms with E-state index in [1.165, 1.54) is 0 Å². The molecule has 2 nitrogen and oxygen atoms in total. The highest BCUT2D eigenvalue weighted by molar-refractivity contribution is 14.1. The van der Waals surface area contributed by atoms with Gasteiger partial charge in [-0.05, 0) is 40.3 Å². The second-order valence-electron chi connectivity index (χ2n) is 2.12. The van der Waals surface area contributed by atoms with Gasteiger partial charge in [-0.25, -0.2) is 8.42 Å². The Labute approximate surface area is 80.7 Å². The van der Waals surface area contributed by atoms with Gasteiger partial charge in [0.2, 0.25) is 0 Å². The Kier molecular flexibility index (Phi) is 3.32. The fourth-order valence-electron chi connectivity index (χ4n) is 0.784. The zero-order valence-electron chi connectivity index (χ0n) is 5.66. The SMILES string of the molecule is O=[SH](=O)Cc1cccc(I)c1. The minimum absolute atomic E-state index is 0.145. The van der Waals surface area contributed by atoms with Crippen molar-refractivity contribution in [3.63, 3.8) is 0 Å². The first kappa shape index (κ1) is 8.99. The number of benzene rings is 1. The van der Waals surface area contributed by atoms with E-state index < -0.39 is 10.7 Å². The first-order valence-electron chi connectivity index (χ1n) is 3.05. The predicted molar refractivity (Wildman–Crippen MR) is 53.2 cm³/mol. The molecule has 0 aliphatic rings. The van der Waals surface area contributed by atoms with Crippen molar-refractivity contribution >= 4 is 33.3 Å². The van der Waals surface area contributed by atoms with E-state index in [1.807, 2.05) is 24.3 Å². The standard InChI is InChI=1S/C7H7IO2S/c8-7-3-1-2-6(4-7)5-11(9)10/h1-4,11H,5H2. The molecule has 1 aromatic carbocycles. The Morgan fingerprint density at radius 2 is 2.09 bits per heavy atom. The van der Waals surface area contributed by atoms with Crippen molar-refractivity contribution < 1.29 is 8.42 Å². The molecule has 4 heteroatoms. The van der Waals surface area contributed by atoms with Crippen molar-refractivity contribution in [3.05, 3.63) is 33.4 Å². The first-order chi connectivity index (χ1) is 5.18. The van der Waals surface area contributed by atoms with Crippen molar-refractivity contribution in [1.82, 2.24) is 0 Å². The van der Waals surface area contributed by atoms with Crippen LogP contribution in [0.3, 0.4) is 0 Å². The lowest BCUT2D eigenvalue weighted by Crippen LogP contribution is -1.86. The fraction of sp³-hybridized carbons (Fsp3) is 0.143. The van der Waals surface area contributed by atoms with Gasteiger partial charge >= 0.3 is 0 Å². The summed E-state index contributed by atoms with van der Waals surface area (Å²) in [6.45, 7) is 0. The van der Waals surface area contributed by atoms with Crippen LogP contribution in [0.4, 0.5) is 0 Å². The van der Waals surface area contributed by atoms with Gasteiger partial charge in [-0.1, -0.05) is 12.1 Å². The summed E-state index contributed by atoms with van der Waals surface area (Å²) in [5.41, 5.74) is 0.855. The largest absolute Gasteiger partial charge is 0.232 e. The maximum Gasteiger partial charge on any atom is 0.144 e. The zero-order valence-corrected chi connectivity index (χ0v) is 8.71. The molecule has 0 heterocycles. The molecule has 0 aliphatic heterocycles. The summed E-state index contributed by atoms with van der Waals surface area (Å²) < 4.78 is 21.7. The summed E-state index contributed by atoms with van der Waals surface area (Å²) in [6.07, 6.45) is 0. The minimum atomic E-state index is -2.29. The Hall–Kier alpha value is -0.100. The molecule has 0 bridgehead atoms. The Morgan fingerprint density at radius 3 is 2.64 bits per heavy atom. The molecular weight excluding hydrogens is 275 g/mol. The molecule has 0 saturated carbocycles. The van der Waals surface area contributed by atoms with Gasteiger partial charge in [0.1, 0.15) is 10.7 Å². The van der Waals surface area contributed by atoms with E-state index in [9.17, 15) is 8.42 Å². The monoisotopic (exact) mass is 282 g/mol. The molecular formula is C7H7IO2S. The van der Waals surface area contributed by atoms with Crippen molar-refractivity contribution in [3.8, 4) is 0 Å². The molecule has 0 radical (unpaired) electrons. The van der Waals surface area contributed by atoms with Gasteiger partial charge in [0.15, 0.2) is 0 Å². The van der Waals surface area contributed by atoms with E-state index in [2.05, 4.69) is 22.6 Å². The second-order valence-corrected chi connectivity index (χ2v) is 4.35. The third-order valence-corrected chi connectivity index (χ3v) is 2.50. The van der Waals surface area contributed by atoms with E-state index in [0.717, 1.165) is 9.13 Å². The molecule has 0 atom stereocenters. The highest BCUT2D eigenvalue weighted by Gasteiger charge is 1.93. The van der Waals surface area contributed by atoms with E-state index in [-0.39, 0.29) is 5.75 Å². The van der Waals surface area contributed by atoms with Crippen LogP contribution in [-0.2, 0) is 16.5 Å². The van der Waals surface area contributed by atoms with Gasteiger partial charge in [-0.2, -0.15) is 0 Å². The maximum atomic E-state index is 10.3. The normalized spacial score (nSPS) is 10.4. The van der Waals surface area contributed by atoms with E-state index in [0.29, 0.717) is 0 Å². The molecule has 0 saturated heterocycles. The molecule has 0 fully saturated rings. The topological polar surface area (TPSA) is 34.1 Å². The van der Waals surface area contributed by atoms with Crippen LogP contribution in [-0.4, -0.2) is 8.42 Å². The quantitative estimate of drug-likeness (QED) is 0.657. The van der Waals surface area contributed by atoms with Crippen LogP contribution < -0.4 is 0 Å². The van der Waals surface area contributed by atoms with E-state index in [4.69, 9.17) is 0 Å². The minimum Gasteiger partial charge on any atom is -0.232 e. The Morgan fingerprint density at radius 1 is 1.36 bits per heavy atom. The maximum absolute atomic E-state index is 10.3. The summed E-state index contributed by atoms with van der Waals surface area (Å²) in [4.78, 5) is 0. The van der Waals surface area contributed by atoms with E-state index in [1.54, 1.807) is 0 Å². The number of halogens is 1. The van der Waals surface area contributed by atoms with Crippen LogP contribution in [0.1, 0.15) is 5.56 Å². The van der Waals surface area contributed by atoms with Crippen LogP contribution in [0, 0.1) is 3.57 Å². The third kappa shape index (κ3) is 3.20. The lowest BCUT2D eigenvalue weighted by atomic mass is 10.2. The van der Waals surface area contributed by atoms with Gasteiger partial charge in [-0.15, -0.1) is 0 Å².